The fourth-order valence-corrected chi connectivity index (χ4v) is 1.97. The molecule has 0 spiro atoms. The van der Waals surface area contributed by atoms with Crippen molar-refractivity contribution in [3.63, 3.8) is 0 Å². The number of nitro benzene ring substituents is 1. The van der Waals surface area contributed by atoms with E-state index in [9.17, 15) is 14.9 Å². The van der Waals surface area contributed by atoms with Crippen molar-refractivity contribution in [3.05, 3.63) is 45.8 Å². The lowest BCUT2D eigenvalue weighted by molar-refractivity contribution is -0.383. The number of nitro groups is 1. The van der Waals surface area contributed by atoms with Crippen LogP contribution in [0.3, 0.4) is 0 Å². The van der Waals surface area contributed by atoms with Gasteiger partial charge in [0.1, 0.15) is 5.69 Å². The Bertz CT molecular complexity index is 708. The molecule has 0 atom stereocenters. The van der Waals surface area contributed by atoms with Gasteiger partial charge < -0.3 is 10.4 Å². The second-order valence-electron chi connectivity index (χ2n) is 4.44. The number of aromatic nitrogens is 2. The number of aromatic carboxylic acids is 1. The molecule has 110 valence electrons. The Morgan fingerprint density at radius 1 is 1.48 bits per heavy atom. The molecule has 0 unspecified atom stereocenters. The number of carboxylic acids is 1. The van der Waals surface area contributed by atoms with Crippen LogP contribution in [0.5, 0.6) is 0 Å². The molecule has 0 aliphatic heterocycles. The van der Waals surface area contributed by atoms with Gasteiger partial charge in [-0.25, -0.2) is 4.79 Å². The standard InChI is InChI=1S/C13H14N4O4/c1-3-9-11(7-16(2)15-9)14-10-6-8(13(18)19)4-5-12(10)17(20)21/h4-7,14H,3H2,1-2H3,(H,18,19). The van der Waals surface area contributed by atoms with E-state index in [4.69, 9.17) is 5.11 Å². The van der Waals surface area contributed by atoms with Gasteiger partial charge in [-0.3, -0.25) is 14.8 Å². The molecule has 1 aromatic carbocycles. The highest BCUT2D eigenvalue weighted by Crippen LogP contribution is 2.30. The first-order chi connectivity index (χ1) is 9.92. The minimum absolute atomic E-state index is 0.0231. The first-order valence-electron chi connectivity index (χ1n) is 6.23. The maximum absolute atomic E-state index is 11.1. The number of benzene rings is 1. The maximum Gasteiger partial charge on any atom is 0.335 e. The lowest BCUT2D eigenvalue weighted by atomic mass is 10.1. The molecule has 2 N–H and O–H groups in total. The molecule has 0 fully saturated rings. The zero-order chi connectivity index (χ0) is 15.6. The Morgan fingerprint density at radius 2 is 2.19 bits per heavy atom. The quantitative estimate of drug-likeness (QED) is 0.646. The van der Waals surface area contributed by atoms with Crippen LogP contribution in [0.1, 0.15) is 23.0 Å². The third-order valence-electron chi connectivity index (χ3n) is 2.95. The molecule has 0 saturated carbocycles. The molecule has 0 saturated heterocycles. The average Bonchev–Trinajstić information content (AvgIpc) is 2.78. The van der Waals surface area contributed by atoms with Crippen LogP contribution in [0.2, 0.25) is 0 Å². The van der Waals surface area contributed by atoms with Crippen molar-refractivity contribution in [1.82, 2.24) is 9.78 Å². The van der Waals surface area contributed by atoms with Crippen LogP contribution in [-0.2, 0) is 13.5 Å². The van der Waals surface area contributed by atoms with Gasteiger partial charge in [0, 0.05) is 19.3 Å². The van der Waals surface area contributed by atoms with E-state index in [1.807, 2.05) is 6.92 Å². The van der Waals surface area contributed by atoms with Gasteiger partial charge >= 0.3 is 5.97 Å². The molecule has 21 heavy (non-hydrogen) atoms. The van der Waals surface area contributed by atoms with Crippen molar-refractivity contribution >= 4 is 23.0 Å². The fourth-order valence-electron chi connectivity index (χ4n) is 1.97. The van der Waals surface area contributed by atoms with E-state index in [-0.39, 0.29) is 16.9 Å². The summed E-state index contributed by atoms with van der Waals surface area (Å²) < 4.78 is 1.59. The number of aryl methyl sites for hydroxylation is 2. The highest BCUT2D eigenvalue weighted by molar-refractivity contribution is 5.90. The number of rotatable bonds is 5. The van der Waals surface area contributed by atoms with Gasteiger partial charge in [-0.05, 0) is 18.6 Å². The van der Waals surface area contributed by atoms with E-state index in [2.05, 4.69) is 10.4 Å². The molecular weight excluding hydrogens is 276 g/mol. The second kappa shape index (κ2) is 5.61. The van der Waals surface area contributed by atoms with Crippen LogP contribution >= 0.6 is 0 Å². The summed E-state index contributed by atoms with van der Waals surface area (Å²) in [5.74, 6) is -1.14. The Hall–Kier alpha value is -2.90. The number of nitrogens with zero attached hydrogens (tertiary/aromatic N) is 3. The van der Waals surface area contributed by atoms with E-state index in [0.717, 1.165) is 5.69 Å². The van der Waals surface area contributed by atoms with Crippen LogP contribution in [0, 0.1) is 10.1 Å². The Labute approximate surface area is 120 Å². The first-order valence-corrected chi connectivity index (χ1v) is 6.23. The molecule has 0 aliphatic carbocycles. The zero-order valence-corrected chi connectivity index (χ0v) is 11.5. The SMILES string of the molecule is CCc1nn(C)cc1Nc1cc(C(=O)O)ccc1[N+](=O)[O-]. The van der Waals surface area contributed by atoms with Gasteiger partial charge in [-0.1, -0.05) is 6.92 Å². The van der Waals surface area contributed by atoms with E-state index >= 15 is 0 Å². The third kappa shape index (κ3) is 2.99. The van der Waals surface area contributed by atoms with Crippen molar-refractivity contribution in [1.29, 1.82) is 0 Å². The predicted molar refractivity (Wildman–Crippen MR) is 75.9 cm³/mol. The predicted octanol–water partition coefficient (Wildman–Crippen LogP) is 2.33. The molecule has 0 amide bonds. The molecule has 1 aromatic heterocycles. The second-order valence-corrected chi connectivity index (χ2v) is 4.44. The van der Waals surface area contributed by atoms with E-state index in [1.54, 1.807) is 17.9 Å². The Morgan fingerprint density at radius 3 is 2.76 bits per heavy atom. The van der Waals surface area contributed by atoms with Crippen LogP contribution < -0.4 is 5.32 Å². The smallest absolute Gasteiger partial charge is 0.335 e. The van der Waals surface area contributed by atoms with E-state index in [0.29, 0.717) is 12.1 Å². The molecular formula is C13H14N4O4. The monoisotopic (exact) mass is 290 g/mol. The molecule has 8 heteroatoms. The van der Waals surface area contributed by atoms with E-state index in [1.165, 1.54) is 18.2 Å². The first kappa shape index (κ1) is 14.5. The van der Waals surface area contributed by atoms with Crippen LogP contribution in [0.4, 0.5) is 17.1 Å². The summed E-state index contributed by atoms with van der Waals surface area (Å²) in [5.41, 5.74) is 1.27. The van der Waals surface area contributed by atoms with E-state index < -0.39 is 10.9 Å². The lowest BCUT2D eigenvalue weighted by Gasteiger charge is -2.07. The fraction of sp³-hybridized carbons (Fsp3) is 0.231. The molecule has 0 aliphatic rings. The molecule has 0 bridgehead atoms. The summed E-state index contributed by atoms with van der Waals surface area (Å²) in [6.45, 7) is 1.91. The zero-order valence-electron chi connectivity index (χ0n) is 11.5. The molecule has 2 rings (SSSR count). The van der Waals surface area contributed by atoms with Crippen LogP contribution in [-0.4, -0.2) is 25.8 Å². The highest BCUT2D eigenvalue weighted by Gasteiger charge is 2.18. The molecule has 1 heterocycles. The van der Waals surface area contributed by atoms with Crippen LogP contribution in [0.25, 0.3) is 0 Å². The summed E-state index contributed by atoms with van der Waals surface area (Å²) in [5, 5.41) is 27.2. The third-order valence-corrected chi connectivity index (χ3v) is 2.95. The minimum atomic E-state index is -1.14. The summed E-state index contributed by atoms with van der Waals surface area (Å²) in [6.07, 6.45) is 2.34. The van der Waals surface area contributed by atoms with Crippen LogP contribution in [0.15, 0.2) is 24.4 Å². The lowest BCUT2D eigenvalue weighted by Crippen LogP contribution is -2.02. The molecule has 0 radical (unpaired) electrons. The topological polar surface area (TPSA) is 110 Å². The molecule has 2 aromatic rings. The van der Waals surface area contributed by atoms with Gasteiger partial charge in [0.05, 0.1) is 21.9 Å². The average molecular weight is 290 g/mol. The number of carboxylic acid groups (broad SMARTS) is 1. The number of hydrogen-bond acceptors (Lipinski definition) is 5. The normalized spacial score (nSPS) is 10.4. The van der Waals surface area contributed by atoms with Crippen molar-refractivity contribution in [3.8, 4) is 0 Å². The highest BCUT2D eigenvalue weighted by atomic mass is 16.6. The van der Waals surface area contributed by atoms with Crippen molar-refractivity contribution in [2.45, 2.75) is 13.3 Å². The number of hydrogen-bond donors (Lipinski definition) is 2. The van der Waals surface area contributed by atoms with Gasteiger partial charge in [0.25, 0.3) is 5.69 Å². The number of anilines is 2. The summed E-state index contributed by atoms with van der Waals surface area (Å²) in [6, 6.07) is 3.62. The van der Waals surface area contributed by atoms with Gasteiger partial charge in [0.15, 0.2) is 0 Å². The van der Waals surface area contributed by atoms with Gasteiger partial charge in [-0.2, -0.15) is 5.10 Å². The van der Waals surface area contributed by atoms with Crippen molar-refractivity contribution < 1.29 is 14.8 Å². The van der Waals surface area contributed by atoms with Crippen molar-refractivity contribution in [2.75, 3.05) is 5.32 Å². The summed E-state index contributed by atoms with van der Waals surface area (Å²) in [4.78, 5) is 21.5. The summed E-state index contributed by atoms with van der Waals surface area (Å²) in [7, 11) is 1.74. The van der Waals surface area contributed by atoms with Crippen molar-refractivity contribution in [2.24, 2.45) is 7.05 Å². The Balaban J connectivity index is 2.47. The summed E-state index contributed by atoms with van der Waals surface area (Å²) >= 11 is 0. The van der Waals surface area contributed by atoms with Gasteiger partial charge in [-0.15, -0.1) is 0 Å². The maximum atomic E-state index is 11.1. The molecule has 8 nitrogen and oxygen atoms in total. The number of nitrogens with one attached hydrogen (secondary N) is 1. The minimum Gasteiger partial charge on any atom is -0.478 e. The Kier molecular flexibility index (Phi) is 3.88. The van der Waals surface area contributed by atoms with Gasteiger partial charge in [0.2, 0.25) is 0 Å². The number of carbonyl (C=O) groups is 1. The largest absolute Gasteiger partial charge is 0.478 e.